The zero-order chi connectivity index (χ0) is 31.3. The lowest BCUT2D eigenvalue weighted by molar-refractivity contribution is -0.384. The van der Waals surface area contributed by atoms with Crippen LogP contribution in [0.2, 0.25) is 10.0 Å². The van der Waals surface area contributed by atoms with E-state index in [2.05, 4.69) is 0 Å². The Morgan fingerprint density at radius 2 is 1.48 bits per heavy atom. The number of fused-ring (bicyclic) bond motifs is 5. The molecule has 0 unspecified atom stereocenters. The summed E-state index contributed by atoms with van der Waals surface area (Å²) in [7, 11) is 0. The molecule has 3 aliphatic rings. The number of rotatable bonds is 8. The fraction of sp³-hybridized carbons (Fsp3) is 0.194. The van der Waals surface area contributed by atoms with E-state index in [9.17, 15) is 34.1 Å². The summed E-state index contributed by atoms with van der Waals surface area (Å²) in [5, 5.41) is 13.1. The lowest BCUT2D eigenvalue weighted by atomic mass is 9.85. The number of hydrazine groups is 1. The fourth-order valence-corrected chi connectivity index (χ4v) is 6.47. The number of nitro benzene ring substituents is 1. The molecule has 1 saturated carbocycles. The second-order valence-electron chi connectivity index (χ2n) is 10.6. The summed E-state index contributed by atoms with van der Waals surface area (Å²) in [6.07, 6.45) is 4.49. The number of halogens is 2. The third-order valence-corrected chi connectivity index (χ3v) is 8.63. The molecule has 13 heteroatoms. The predicted octanol–water partition coefficient (Wildman–Crippen LogP) is 5.17. The van der Waals surface area contributed by atoms with Crippen molar-refractivity contribution in [2.24, 2.45) is 23.7 Å². The number of carbonyl (C=O) groups excluding carboxylic acids is 5. The van der Waals surface area contributed by atoms with Crippen LogP contribution in [0.5, 0.6) is 5.75 Å². The Morgan fingerprint density at radius 3 is 2.05 bits per heavy atom. The van der Waals surface area contributed by atoms with Crippen molar-refractivity contribution >= 4 is 58.4 Å². The second kappa shape index (κ2) is 11.3. The van der Waals surface area contributed by atoms with Crippen LogP contribution in [-0.2, 0) is 9.59 Å². The van der Waals surface area contributed by atoms with Gasteiger partial charge >= 0.3 is 5.97 Å². The zero-order valence-corrected chi connectivity index (χ0v) is 24.1. The molecule has 2 bridgehead atoms. The molecule has 4 atom stereocenters. The Morgan fingerprint density at radius 1 is 0.886 bits per heavy atom. The van der Waals surface area contributed by atoms with Crippen molar-refractivity contribution in [3.63, 3.8) is 0 Å². The predicted molar refractivity (Wildman–Crippen MR) is 156 cm³/mol. The highest BCUT2D eigenvalue weighted by Crippen LogP contribution is 2.52. The van der Waals surface area contributed by atoms with Crippen molar-refractivity contribution in [3.8, 4) is 5.75 Å². The molecule has 1 saturated heterocycles. The number of ketones is 1. The maximum absolute atomic E-state index is 13.7. The number of nitro groups is 1. The number of allylic oxidation sites excluding steroid dienone is 2. The van der Waals surface area contributed by atoms with Crippen molar-refractivity contribution in [1.29, 1.82) is 0 Å². The number of esters is 1. The number of non-ortho nitro benzene ring substituents is 1. The van der Waals surface area contributed by atoms with Crippen LogP contribution in [0.4, 0.5) is 5.69 Å². The number of amides is 3. The molecule has 2 aliphatic carbocycles. The topological polar surface area (TPSA) is 144 Å². The van der Waals surface area contributed by atoms with Crippen LogP contribution < -0.4 is 4.74 Å². The second-order valence-corrected chi connectivity index (χ2v) is 11.5. The van der Waals surface area contributed by atoms with Crippen LogP contribution in [0, 0.1) is 33.8 Å². The minimum atomic E-state index is -0.847. The molecule has 222 valence electrons. The van der Waals surface area contributed by atoms with Crippen molar-refractivity contribution in [3.05, 3.63) is 116 Å². The number of benzene rings is 3. The molecule has 3 aromatic carbocycles. The van der Waals surface area contributed by atoms with Gasteiger partial charge in [-0.15, -0.1) is 0 Å². The average Bonchev–Trinajstić information content (AvgIpc) is 3.69. The molecule has 0 aromatic heterocycles. The maximum atomic E-state index is 13.7. The van der Waals surface area contributed by atoms with Gasteiger partial charge in [0.05, 0.1) is 27.3 Å². The van der Waals surface area contributed by atoms with Crippen LogP contribution in [0.1, 0.15) is 37.5 Å². The van der Waals surface area contributed by atoms with E-state index in [0.29, 0.717) is 11.4 Å². The zero-order valence-electron chi connectivity index (χ0n) is 22.6. The third kappa shape index (κ3) is 5.14. The van der Waals surface area contributed by atoms with E-state index in [1.54, 1.807) is 0 Å². The molecule has 11 nitrogen and oxygen atoms in total. The van der Waals surface area contributed by atoms with Gasteiger partial charge in [-0.1, -0.05) is 35.4 Å². The molecule has 44 heavy (non-hydrogen) atoms. The SMILES string of the molecule is O=C(CN(C(=O)c1ccc([N+](=O)[O-])cc1)N1C(=O)[C@@H]2[C@@H](C1=O)[C@H]1C=C[C@H]2C1)c1ccc(OC(=O)c2ccc(Cl)cc2Cl)cc1. The van der Waals surface area contributed by atoms with Gasteiger partial charge in [-0.3, -0.25) is 29.3 Å². The van der Waals surface area contributed by atoms with Gasteiger partial charge in [0.15, 0.2) is 5.78 Å². The van der Waals surface area contributed by atoms with Crippen LogP contribution in [-0.4, -0.2) is 51.0 Å². The first kappa shape index (κ1) is 29.2. The Bertz CT molecular complexity index is 1740. The molecular formula is C31H21Cl2N3O8. The van der Waals surface area contributed by atoms with Gasteiger partial charge < -0.3 is 4.74 Å². The largest absolute Gasteiger partial charge is 0.423 e. The monoisotopic (exact) mass is 633 g/mol. The highest BCUT2D eigenvalue weighted by molar-refractivity contribution is 6.36. The smallest absolute Gasteiger partial charge is 0.345 e. The van der Waals surface area contributed by atoms with Crippen molar-refractivity contribution in [2.75, 3.05) is 6.54 Å². The first-order chi connectivity index (χ1) is 21.0. The molecule has 0 radical (unpaired) electrons. The van der Waals surface area contributed by atoms with Gasteiger partial charge in [-0.2, -0.15) is 5.01 Å². The Labute approximate surface area is 259 Å². The summed E-state index contributed by atoms with van der Waals surface area (Å²) >= 11 is 11.9. The van der Waals surface area contributed by atoms with E-state index < -0.39 is 52.8 Å². The number of carbonyl (C=O) groups is 5. The minimum Gasteiger partial charge on any atom is -0.423 e. The highest BCUT2D eigenvalue weighted by atomic mass is 35.5. The van der Waals surface area contributed by atoms with Gasteiger partial charge in [0.1, 0.15) is 12.3 Å². The van der Waals surface area contributed by atoms with Gasteiger partial charge in [0.2, 0.25) is 0 Å². The van der Waals surface area contributed by atoms with E-state index in [-0.39, 0.29) is 45.0 Å². The molecule has 2 fully saturated rings. The van der Waals surface area contributed by atoms with E-state index in [1.807, 2.05) is 12.2 Å². The molecule has 6 rings (SSSR count). The number of imide groups is 1. The number of hydrogen-bond acceptors (Lipinski definition) is 8. The van der Waals surface area contributed by atoms with Crippen molar-refractivity contribution < 1.29 is 33.6 Å². The van der Waals surface area contributed by atoms with Crippen LogP contribution >= 0.6 is 23.2 Å². The molecule has 0 N–H and O–H groups in total. The molecule has 0 spiro atoms. The van der Waals surface area contributed by atoms with Gasteiger partial charge in [0.25, 0.3) is 23.4 Å². The third-order valence-electron chi connectivity index (χ3n) is 8.08. The van der Waals surface area contributed by atoms with E-state index in [0.717, 1.165) is 22.2 Å². The Hall–Kier alpha value is -4.87. The number of ether oxygens (including phenoxy) is 1. The van der Waals surface area contributed by atoms with Gasteiger partial charge in [-0.05, 0) is 72.9 Å². The van der Waals surface area contributed by atoms with Gasteiger partial charge in [-0.25, -0.2) is 9.80 Å². The van der Waals surface area contributed by atoms with Crippen LogP contribution in [0.25, 0.3) is 0 Å². The normalized spacial score (nSPS) is 21.4. The maximum Gasteiger partial charge on any atom is 0.345 e. The van der Waals surface area contributed by atoms with E-state index in [4.69, 9.17) is 27.9 Å². The standard InChI is InChI=1S/C31H21Cl2N3O8/c32-20-7-12-23(24(33)14-20)31(41)44-22-10-5-16(6-11-22)25(37)15-34(28(38)17-3-8-21(9-4-17)36(42)43)35-29(39)26-18-1-2-19(13-18)27(26)30(35)40/h1-12,14,18-19,26-27H,13,15H2/t18-,19-,26-,27-/m0/s1. The summed E-state index contributed by atoms with van der Waals surface area (Å²) in [5.74, 6) is -4.73. The van der Waals surface area contributed by atoms with E-state index in [1.165, 1.54) is 54.6 Å². The molecule has 3 amide bonds. The first-order valence-electron chi connectivity index (χ1n) is 13.5. The summed E-state index contributed by atoms with van der Waals surface area (Å²) in [6, 6.07) is 14.4. The molecule has 3 aromatic rings. The lowest BCUT2D eigenvalue weighted by Gasteiger charge is -2.30. The highest BCUT2D eigenvalue weighted by Gasteiger charge is 2.61. The lowest BCUT2D eigenvalue weighted by Crippen LogP contribution is -2.52. The van der Waals surface area contributed by atoms with Gasteiger partial charge in [0, 0.05) is 28.3 Å². The first-order valence-corrected chi connectivity index (χ1v) is 14.2. The fourth-order valence-electron chi connectivity index (χ4n) is 5.99. The number of Topliss-reactive ketones (excluding diaryl/α,β-unsaturated/α-hetero) is 1. The Balaban J connectivity index is 1.24. The average molecular weight is 634 g/mol. The number of hydrogen-bond donors (Lipinski definition) is 0. The summed E-state index contributed by atoms with van der Waals surface area (Å²) < 4.78 is 5.34. The summed E-state index contributed by atoms with van der Waals surface area (Å²) in [6.45, 7) is -0.672. The number of nitrogens with zero attached hydrogens (tertiary/aromatic N) is 3. The van der Waals surface area contributed by atoms with Crippen LogP contribution in [0.3, 0.4) is 0 Å². The van der Waals surface area contributed by atoms with Crippen molar-refractivity contribution in [2.45, 2.75) is 6.42 Å². The van der Waals surface area contributed by atoms with Crippen LogP contribution in [0.15, 0.2) is 78.9 Å². The summed E-state index contributed by atoms with van der Waals surface area (Å²) in [5.41, 5.74) is -0.110. The molecule has 1 heterocycles. The molecular weight excluding hydrogens is 613 g/mol. The molecule has 1 aliphatic heterocycles. The van der Waals surface area contributed by atoms with Crippen molar-refractivity contribution in [1.82, 2.24) is 10.0 Å². The van der Waals surface area contributed by atoms with E-state index >= 15 is 0 Å². The quantitative estimate of drug-likeness (QED) is 0.0628. The Kier molecular flexibility index (Phi) is 7.52. The minimum absolute atomic E-state index is 0.0507. The summed E-state index contributed by atoms with van der Waals surface area (Å²) in [4.78, 5) is 77.2.